The highest BCUT2D eigenvalue weighted by atomic mass is 35.5. The lowest BCUT2D eigenvalue weighted by atomic mass is 10.3. The topological polar surface area (TPSA) is 55.9 Å². The zero-order valence-corrected chi connectivity index (χ0v) is 8.17. The SMILES string of the molecule is Nc1cc[n+](CC2CC2)c(N)c1.[Cl-]. The lowest BCUT2D eigenvalue weighted by Crippen LogP contribution is -3.00. The molecule has 1 fully saturated rings. The van der Waals surface area contributed by atoms with E-state index in [9.17, 15) is 0 Å². The second-order valence-corrected chi connectivity index (χ2v) is 3.48. The first kappa shape index (κ1) is 10.1. The summed E-state index contributed by atoms with van der Waals surface area (Å²) < 4.78 is 2.06. The molecule has 0 radical (unpaired) electrons. The van der Waals surface area contributed by atoms with Crippen molar-refractivity contribution in [1.82, 2.24) is 0 Å². The van der Waals surface area contributed by atoms with Crippen LogP contribution >= 0.6 is 0 Å². The van der Waals surface area contributed by atoms with Crippen LogP contribution in [0.25, 0.3) is 0 Å². The van der Waals surface area contributed by atoms with Crippen molar-refractivity contribution in [2.45, 2.75) is 19.4 Å². The lowest BCUT2D eigenvalue weighted by molar-refractivity contribution is -0.685. The zero-order chi connectivity index (χ0) is 8.55. The predicted molar refractivity (Wildman–Crippen MR) is 48.2 cm³/mol. The van der Waals surface area contributed by atoms with Crippen LogP contribution in [0.15, 0.2) is 18.3 Å². The summed E-state index contributed by atoms with van der Waals surface area (Å²) in [7, 11) is 0. The Morgan fingerprint density at radius 2 is 2.08 bits per heavy atom. The van der Waals surface area contributed by atoms with Crippen LogP contribution in [0.2, 0.25) is 0 Å². The fraction of sp³-hybridized carbons (Fsp3) is 0.444. The Hall–Kier alpha value is -0.960. The fourth-order valence-electron chi connectivity index (χ4n) is 1.31. The predicted octanol–water partition coefficient (Wildman–Crippen LogP) is -2.45. The molecule has 0 saturated heterocycles. The number of pyridine rings is 1. The van der Waals surface area contributed by atoms with E-state index < -0.39 is 0 Å². The Balaban J connectivity index is 0.000000845. The van der Waals surface area contributed by atoms with Gasteiger partial charge in [0.15, 0.2) is 0 Å². The normalized spacial score (nSPS) is 15.1. The second kappa shape index (κ2) is 3.83. The quantitative estimate of drug-likeness (QED) is 0.520. The van der Waals surface area contributed by atoms with Gasteiger partial charge in [-0.05, 0) is 18.8 Å². The van der Waals surface area contributed by atoms with Gasteiger partial charge in [0.25, 0.3) is 5.82 Å². The summed E-state index contributed by atoms with van der Waals surface area (Å²) in [5.74, 6) is 1.61. The number of anilines is 2. The monoisotopic (exact) mass is 199 g/mol. The molecule has 1 heterocycles. The molecule has 4 heteroatoms. The Kier molecular flexibility index (Phi) is 2.98. The van der Waals surface area contributed by atoms with Crippen molar-refractivity contribution >= 4 is 11.5 Å². The summed E-state index contributed by atoms with van der Waals surface area (Å²) >= 11 is 0. The van der Waals surface area contributed by atoms with Gasteiger partial charge >= 0.3 is 0 Å². The van der Waals surface area contributed by atoms with E-state index in [1.54, 1.807) is 0 Å². The van der Waals surface area contributed by atoms with Crippen molar-refractivity contribution in [1.29, 1.82) is 0 Å². The molecule has 13 heavy (non-hydrogen) atoms. The van der Waals surface area contributed by atoms with Gasteiger partial charge in [-0.3, -0.25) is 5.73 Å². The molecule has 0 atom stereocenters. The van der Waals surface area contributed by atoms with Crippen LogP contribution in [0.5, 0.6) is 0 Å². The third-order valence-corrected chi connectivity index (χ3v) is 2.24. The van der Waals surface area contributed by atoms with E-state index in [4.69, 9.17) is 11.5 Å². The van der Waals surface area contributed by atoms with Gasteiger partial charge in [-0.1, -0.05) is 0 Å². The van der Waals surface area contributed by atoms with Crippen LogP contribution in [0.1, 0.15) is 12.8 Å². The summed E-state index contributed by atoms with van der Waals surface area (Å²) in [5, 5.41) is 0. The molecule has 0 aliphatic heterocycles. The molecule has 1 saturated carbocycles. The largest absolute Gasteiger partial charge is 1.00 e. The molecule has 4 N–H and O–H groups in total. The lowest BCUT2D eigenvalue weighted by Gasteiger charge is -2.01. The van der Waals surface area contributed by atoms with Gasteiger partial charge in [-0.2, -0.15) is 0 Å². The van der Waals surface area contributed by atoms with Crippen LogP contribution in [0.3, 0.4) is 0 Å². The van der Waals surface area contributed by atoms with E-state index in [0.29, 0.717) is 0 Å². The molecule has 1 aliphatic carbocycles. The Labute approximate surface area is 84.1 Å². The number of hydrogen-bond acceptors (Lipinski definition) is 2. The summed E-state index contributed by atoms with van der Waals surface area (Å²) in [4.78, 5) is 0. The highest BCUT2D eigenvalue weighted by Gasteiger charge is 2.24. The Morgan fingerprint density at radius 3 is 2.62 bits per heavy atom. The molecule has 3 nitrogen and oxygen atoms in total. The number of aromatic nitrogens is 1. The molecule has 0 spiro atoms. The molecule has 2 rings (SSSR count). The van der Waals surface area contributed by atoms with Crippen molar-refractivity contribution in [3.63, 3.8) is 0 Å². The number of rotatable bonds is 2. The fourth-order valence-corrected chi connectivity index (χ4v) is 1.31. The summed E-state index contributed by atoms with van der Waals surface area (Å²) in [6.45, 7) is 1.05. The average molecular weight is 200 g/mol. The van der Waals surface area contributed by atoms with E-state index in [2.05, 4.69) is 4.57 Å². The van der Waals surface area contributed by atoms with Gasteiger partial charge in [-0.15, -0.1) is 0 Å². The first-order valence-electron chi connectivity index (χ1n) is 4.30. The average Bonchev–Trinajstić information content (AvgIpc) is 2.79. The van der Waals surface area contributed by atoms with Crippen molar-refractivity contribution in [2.24, 2.45) is 5.92 Å². The number of nitrogens with two attached hydrogens (primary N) is 2. The molecular weight excluding hydrogens is 186 g/mol. The first-order chi connectivity index (χ1) is 5.75. The second-order valence-electron chi connectivity index (χ2n) is 3.48. The number of halogens is 1. The van der Waals surface area contributed by atoms with E-state index in [-0.39, 0.29) is 12.4 Å². The van der Waals surface area contributed by atoms with Crippen LogP contribution in [-0.2, 0) is 6.54 Å². The minimum atomic E-state index is 0. The van der Waals surface area contributed by atoms with Gasteiger partial charge in [0.2, 0.25) is 0 Å². The van der Waals surface area contributed by atoms with Gasteiger partial charge in [0.1, 0.15) is 0 Å². The molecule has 0 aromatic carbocycles. The molecule has 0 unspecified atom stereocenters. The maximum Gasteiger partial charge on any atom is 0.274 e. The highest BCUT2D eigenvalue weighted by Crippen LogP contribution is 2.29. The van der Waals surface area contributed by atoms with Crippen molar-refractivity contribution in [3.05, 3.63) is 18.3 Å². The van der Waals surface area contributed by atoms with Crippen molar-refractivity contribution in [3.8, 4) is 0 Å². The third kappa shape index (κ3) is 2.49. The number of nitrogens with zero attached hydrogens (tertiary/aromatic N) is 1. The molecule has 0 amide bonds. The summed E-state index contributed by atoms with van der Waals surface area (Å²) in [5.41, 5.74) is 12.1. The van der Waals surface area contributed by atoms with E-state index in [0.717, 1.165) is 24.0 Å². The summed E-state index contributed by atoms with van der Waals surface area (Å²) in [6, 6.07) is 3.70. The maximum absolute atomic E-state index is 5.78. The Bertz CT molecular complexity index is 297. The van der Waals surface area contributed by atoms with E-state index in [1.807, 2.05) is 18.3 Å². The van der Waals surface area contributed by atoms with Crippen molar-refractivity contribution in [2.75, 3.05) is 11.5 Å². The minimum absolute atomic E-state index is 0. The van der Waals surface area contributed by atoms with Crippen LogP contribution in [-0.4, -0.2) is 0 Å². The Morgan fingerprint density at radius 1 is 1.38 bits per heavy atom. The molecule has 1 aromatic heterocycles. The highest BCUT2D eigenvalue weighted by molar-refractivity contribution is 5.42. The smallest absolute Gasteiger partial charge is 0.274 e. The number of hydrogen-bond donors (Lipinski definition) is 2. The number of nitrogen functional groups attached to an aromatic ring is 2. The van der Waals surface area contributed by atoms with Crippen LogP contribution < -0.4 is 28.4 Å². The molecule has 0 bridgehead atoms. The first-order valence-corrected chi connectivity index (χ1v) is 4.30. The minimum Gasteiger partial charge on any atom is -1.00 e. The zero-order valence-electron chi connectivity index (χ0n) is 7.41. The van der Waals surface area contributed by atoms with Gasteiger partial charge in [0, 0.05) is 11.8 Å². The van der Waals surface area contributed by atoms with Crippen molar-refractivity contribution < 1.29 is 17.0 Å². The molecule has 72 valence electrons. The molecular formula is C9H14ClN3. The van der Waals surface area contributed by atoms with Gasteiger partial charge in [0.05, 0.1) is 18.8 Å². The standard InChI is InChI=1S/C9H13N3.ClH/c10-8-3-4-12(9(11)5-8)6-7-1-2-7;/h3-5,7H,1-2,6H2,(H3,10,11);1H. The van der Waals surface area contributed by atoms with E-state index in [1.165, 1.54) is 12.8 Å². The third-order valence-electron chi connectivity index (χ3n) is 2.24. The summed E-state index contributed by atoms with van der Waals surface area (Å²) in [6.07, 6.45) is 4.65. The van der Waals surface area contributed by atoms with E-state index >= 15 is 0 Å². The van der Waals surface area contributed by atoms with Crippen LogP contribution in [0, 0.1) is 5.92 Å². The van der Waals surface area contributed by atoms with Gasteiger partial charge in [-0.25, -0.2) is 4.57 Å². The maximum atomic E-state index is 5.78. The van der Waals surface area contributed by atoms with Gasteiger partial charge < -0.3 is 18.1 Å². The molecule has 1 aromatic rings. The van der Waals surface area contributed by atoms with Crippen LogP contribution in [0.4, 0.5) is 11.5 Å². The molecule has 1 aliphatic rings.